The molecule has 1 fully saturated rings. The summed E-state index contributed by atoms with van der Waals surface area (Å²) in [4.78, 5) is 36.5. The van der Waals surface area contributed by atoms with Crippen molar-refractivity contribution in [2.45, 2.75) is 38.7 Å². The normalized spacial score (nSPS) is 15.9. The van der Waals surface area contributed by atoms with Crippen LogP contribution in [0.15, 0.2) is 23.4 Å². The molecule has 0 aromatic carbocycles. The number of anilines is 1. The van der Waals surface area contributed by atoms with Gasteiger partial charge in [0.1, 0.15) is 11.7 Å². The van der Waals surface area contributed by atoms with Crippen LogP contribution in [0.1, 0.15) is 29.2 Å². The third-order valence-corrected chi connectivity index (χ3v) is 5.34. The van der Waals surface area contributed by atoms with Crippen LogP contribution in [0.2, 0.25) is 0 Å². The monoisotopic (exact) mass is 493 g/mol. The quantitative estimate of drug-likeness (QED) is 0.657. The summed E-state index contributed by atoms with van der Waals surface area (Å²) < 4.78 is 82.6. The van der Waals surface area contributed by atoms with E-state index in [1.54, 1.807) is 4.90 Å². The highest BCUT2D eigenvalue weighted by molar-refractivity contribution is 5.68. The molecule has 2 aromatic heterocycles. The molecule has 1 atom stereocenters. The van der Waals surface area contributed by atoms with Crippen LogP contribution in [0.4, 0.5) is 37.1 Å². The number of hydrogen-bond acceptors (Lipinski definition) is 6. The Morgan fingerprint density at radius 3 is 2.21 bits per heavy atom. The maximum absolute atomic E-state index is 13.1. The molecule has 0 radical (unpaired) electrons. The van der Waals surface area contributed by atoms with E-state index in [4.69, 9.17) is 4.74 Å². The van der Waals surface area contributed by atoms with E-state index in [1.807, 2.05) is 0 Å². The molecule has 1 aliphatic rings. The van der Waals surface area contributed by atoms with Crippen LogP contribution in [0, 0.1) is 6.92 Å². The molecule has 8 nitrogen and oxygen atoms in total. The molecular weight excluding hydrogens is 472 g/mol. The number of hydrogen-bond donors (Lipinski definition) is 1. The molecular formula is C20H21F6N5O3. The maximum Gasteiger partial charge on any atom is 0.421 e. The van der Waals surface area contributed by atoms with Gasteiger partial charge in [0.25, 0.3) is 5.56 Å². The van der Waals surface area contributed by atoms with E-state index in [0.29, 0.717) is 12.4 Å². The summed E-state index contributed by atoms with van der Waals surface area (Å²) in [7, 11) is 0. The minimum absolute atomic E-state index is 0.0448. The summed E-state index contributed by atoms with van der Waals surface area (Å²) in [6.45, 7) is 3.58. The minimum Gasteiger partial charge on any atom is -0.446 e. The van der Waals surface area contributed by atoms with Gasteiger partial charge < -0.3 is 19.5 Å². The molecule has 3 rings (SSSR count). The Bertz CT molecular complexity index is 1080. The number of aromatic nitrogens is 3. The highest BCUT2D eigenvalue weighted by Crippen LogP contribution is 2.31. The third-order valence-electron chi connectivity index (χ3n) is 5.34. The number of aromatic amines is 1. The van der Waals surface area contributed by atoms with E-state index >= 15 is 0 Å². The number of ether oxygens (including phenoxy) is 1. The Balaban J connectivity index is 1.56. The van der Waals surface area contributed by atoms with Crippen LogP contribution in [-0.2, 0) is 23.5 Å². The van der Waals surface area contributed by atoms with E-state index < -0.39 is 41.2 Å². The fraction of sp³-hybridized carbons (Fsp3) is 0.500. The van der Waals surface area contributed by atoms with E-state index in [9.17, 15) is 35.9 Å². The first-order chi connectivity index (χ1) is 15.8. The van der Waals surface area contributed by atoms with Gasteiger partial charge in [0.15, 0.2) is 0 Å². The Hall–Kier alpha value is -3.32. The number of nitrogens with zero attached hydrogens (tertiary/aromatic N) is 4. The Labute approximate surface area is 189 Å². The zero-order valence-electron chi connectivity index (χ0n) is 18.1. The van der Waals surface area contributed by atoms with Crippen molar-refractivity contribution in [3.63, 3.8) is 0 Å². The van der Waals surface area contributed by atoms with Gasteiger partial charge in [0.2, 0.25) is 5.95 Å². The first kappa shape index (κ1) is 25.3. The Morgan fingerprint density at radius 1 is 1.09 bits per heavy atom. The SMILES string of the molecule is Cc1c(CC(C)OC(=O)N2CCN(c3ncc(C(F)(F)F)cn3)CC2)c[nH]c(=O)c1C(F)(F)F. The molecule has 34 heavy (non-hydrogen) atoms. The molecule has 0 aliphatic carbocycles. The first-order valence-corrected chi connectivity index (χ1v) is 10.2. The number of alkyl halides is 6. The van der Waals surface area contributed by atoms with Crippen LogP contribution in [0.25, 0.3) is 0 Å². The number of halogens is 6. The molecule has 0 saturated carbocycles. The lowest BCUT2D eigenvalue weighted by Gasteiger charge is -2.34. The molecule has 2 aromatic rings. The molecule has 1 aliphatic heterocycles. The number of amides is 1. The second-order valence-corrected chi connectivity index (χ2v) is 7.78. The predicted octanol–water partition coefficient (Wildman–Crippen LogP) is 3.40. The second kappa shape index (κ2) is 9.50. The maximum atomic E-state index is 13.1. The van der Waals surface area contributed by atoms with Gasteiger partial charge in [-0.1, -0.05) is 0 Å². The highest BCUT2D eigenvalue weighted by atomic mass is 19.4. The van der Waals surface area contributed by atoms with Crippen LogP contribution >= 0.6 is 0 Å². The van der Waals surface area contributed by atoms with E-state index in [-0.39, 0.29) is 49.7 Å². The fourth-order valence-electron chi connectivity index (χ4n) is 3.54. The molecule has 186 valence electrons. The van der Waals surface area contributed by atoms with Gasteiger partial charge in [0, 0.05) is 51.2 Å². The number of pyridine rings is 1. The molecule has 1 N–H and O–H groups in total. The summed E-state index contributed by atoms with van der Waals surface area (Å²) in [6.07, 6.45) is -8.32. The predicted molar refractivity (Wildman–Crippen MR) is 107 cm³/mol. The fourth-order valence-corrected chi connectivity index (χ4v) is 3.54. The van der Waals surface area contributed by atoms with E-state index in [2.05, 4.69) is 15.0 Å². The number of piperazine rings is 1. The number of nitrogens with one attached hydrogen (secondary N) is 1. The average molecular weight is 493 g/mol. The molecule has 3 heterocycles. The lowest BCUT2D eigenvalue weighted by atomic mass is 10.0. The van der Waals surface area contributed by atoms with Crippen molar-refractivity contribution in [1.82, 2.24) is 19.9 Å². The minimum atomic E-state index is -4.82. The van der Waals surface area contributed by atoms with Crippen LogP contribution in [0.5, 0.6) is 0 Å². The number of rotatable bonds is 4. The van der Waals surface area contributed by atoms with Gasteiger partial charge in [-0.15, -0.1) is 0 Å². The number of carbonyl (C=O) groups excluding carboxylic acids is 1. The van der Waals surface area contributed by atoms with Gasteiger partial charge in [-0.3, -0.25) is 4.79 Å². The summed E-state index contributed by atoms with van der Waals surface area (Å²) >= 11 is 0. The van der Waals surface area contributed by atoms with Crippen LogP contribution in [0.3, 0.4) is 0 Å². The van der Waals surface area contributed by atoms with Crippen molar-refractivity contribution in [2.24, 2.45) is 0 Å². The van der Waals surface area contributed by atoms with E-state index in [1.165, 1.54) is 24.9 Å². The Kier molecular flexibility index (Phi) is 7.07. The van der Waals surface area contributed by atoms with Crippen molar-refractivity contribution >= 4 is 12.0 Å². The molecule has 1 saturated heterocycles. The lowest BCUT2D eigenvalue weighted by Crippen LogP contribution is -2.50. The standard InChI is InChI=1S/C20H21F6N5O3/c1-11(7-13-8-27-16(32)15(12(13)2)20(24,25)26)34-18(33)31-5-3-30(4-6-31)17-28-9-14(10-29-17)19(21,22)23/h8-11H,3-7H2,1-2H3,(H,27,32). The first-order valence-electron chi connectivity index (χ1n) is 10.2. The van der Waals surface area contributed by atoms with Crippen molar-refractivity contribution in [1.29, 1.82) is 0 Å². The summed E-state index contributed by atoms with van der Waals surface area (Å²) in [5, 5.41) is 0. The van der Waals surface area contributed by atoms with Crippen molar-refractivity contribution in [3.8, 4) is 0 Å². The lowest BCUT2D eigenvalue weighted by molar-refractivity contribution is -0.139. The van der Waals surface area contributed by atoms with Gasteiger partial charge in [0.05, 0.1) is 5.56 Å². The summed E-state index contributed by atoms with van der Waals surface area (Å²) in [5.41, 5.74) is -3.54. The van der Waals surface area contributed by atoms with Gasteiger partial charge in [-0.05, 0) is 25.0 Å². The third kappa shape index (κ3) is 5.78. The van der Waals surface area contributed by atoms with Gasteiger partial charge in [-0.2, -0.15) is 26.3 Å². The van der Waals surface area contributed by atoms with Crippen molar-refractivity contribution < 1.29 is 35.9 Å². The van der Waals surface area contributed by atoms with Crippen molar-refractivity contribution in [2.75, 3.05) is 31.1 Å². The molecule has 1 amide bonds. The smallest absolute Gasteiger partial charge is 0.421 e. The van der Waals surface area contributed by atoms with E-state index in [0.717, 1.165) is 0 Å². The van der Waals surface area contributed by atoms with Gasteiger partial charge >= 0.3 is 18.4 Å². The summed E-state index contributed by atoms with van der Waals surface area (Å²) in [5.74, 6) is 0.100. The number of carbonyl (C=O) groups is 1. The van der Waals surface area contributed by atoms with Crippen LogP contribution in [-0.4, -0.2) is 58.2 Å². The van der Waals surface area contributed by atoms with Gasteiger partial charge in [-0.25, -0.2) is 14.8 Å². The largest absolute Gasteiger partial charge is 0.446 e. The average Bonchev–Trinajstić information content (AvgIpc) is 2.74. The van der Waals surface area contributed by atoms with Crippen LogP contribution < -0.4 is 10.5 Å². The Morgan fingerprint density at radius 2 is 1.68 bits per heavy atom. The highest BCUT2D eigenvalue weighted by Gasteiger charge is 2.37. The van der Waals surface area contributed by atoms with Crippen molar-refractivity contribution in [3.05, 3.63) is 51.2 Å². The summed E-state index contributed by atoms with van der Waals surface area (Å²) in [6, 6.07) is 0. The zero-order chi connectivity index (χ0) is 25.3. The zero-order valence-corrected chi connectivity index (χ0v) is 18.1. The topological polar surface area (TPSA) is 91.4 Å². The second-order valence-electron chi connectivity index (χ2n) is 7.78. The number of H-pyrrole nitrogens is 1. The molecule has 1 unspecified atom stereocenters. The molecule has 14 heteroatoms. The molecule has 0 bridgehead atoms. The molecule has 0 spiro atoms.